The average Bonchev–Trinajstić information content (AvgIpc) is 2.67. The van der Waals surface area contributed by atoms with Crippen LogP contribution in [0.3, 0.4) is 0 Å². The summed E-state index contributed by atoms with van der Waals surface area (Å²) in [5.74, 6) is -0.826. The highest BCUT2D eigenvalue weighted by atomic mass is 35.5. The summed E-state index contributed by atoms with van der Waals surface area (Å²) in [6, 6.07) is 12.8. The number of rotatable bonds is 4. The standard InChI is InChI=1S/C19H13ClFN5O/c20-14-5-4-13(15(21)7-14)9-25-19(27)12-3-1-2-11(6-12)17-10-24-18(23)16(8-22)26-17/h1-7,10H,9H2,(H2,23,24)(H,25,27). The van der Waals surface area contributed by atoms with Gasteiger partial charge in [-0.05, 0) is 24.3 Å². The molecule has 2 aromatic carbocycles. The van der Waals surface area contributed by atoms with E-state index in [4.69, 9.17) is 22.6 Å². The minimum Gasteiger partial charge on any atom is -0.381 e. The predicted octanol–water partition coefficient (Wildman–Crippen LogP) is 3.32. The second kappa shape index (κ2) is 7.81. The minimum atomic E-state index is -0.488. The van der Waals surface area contributed by atoms with Crippen molar-refractivity contribution in [1.82, 2.24) is 15.3 Å². The molecule has 0 fully saturated rings. The molecule has 0 aliphatic rings. The van der Waals surface area contributed by atoms with Crippen molar-refractivity contribution in [3.05, 3.63) is 76.3 Å². The zero-order valence-electron chi connectivity index (χ0n) is 13.9. The molecule has 0 aliphatic heterocycles. The SMILES string of the molecule is N#Cc1nc(-c2cccc(C(=O)NCc3ccc(Cl)cc3F)c2)cnc1N. The van der Waals surface area contributed by atoms with Crippen molar-refractivity contribution in [3.8, 4) is 17.3 Å². The molecule has 0 spiro atoms. The van der Waals surface area contributed by atoms with Gasteiger partial charge in [0.2, 0.25) is 0 Å². The fourth-order valence-electron chi connectivity index (χ4n) is 2.38. The number of hydrogen-bond acceptors (Lipinski definition) is 5. The van der Waals surface area contributed by atoms with Gasteiger partial charge < -0.3 is 11.1 Å². The summed E-state index contributed by atoms with van der Waals surface area (Å²) < 4.78 is 13.8. The van der Waals surface area contributed by atoms with Gasteiger partial charge in [0.05, 0.1) is 11.9 Å². The number of benzene rings is 2. The summed E-state index contributed by atoms with van der Waals surface area (Å²) in [6.07, 6.45) is 1.43. The molecule has 134 valence electrons. The van der Waals surface area contributed by atoms with Crippen LogP contribution in [-0.4, -0.2) is 15.9 Å². The number of nitrogen functional groups attached to an aromatic ring is 1. The number of nitrogens with one attached hydrogen (secondary N) is 1. The van der Waals surface area contributed by atoms with Crippen molar-refractivity contribution in [1.29, 1.82) is 5.26 Å². The van der Waals surface area contributed by atoms with E-state index in [1.807, 2.05) is 6.07 Å². The number of carbonyl (C=O) groups is 1. The summed E-state index contributed by atoms with van der Waals surface area (Å²) in [4.78, 5) is 20.5. The molecule has 0 radical (unpaired) electrons. The normalized spacial score (nSPS) is 10.3. The van der Waals surface area contributed by atoms with Gasteiger partial charge in [-0.3, -0.25) is 4.79 Å². The second-order valence-electron chi connectivity index (χ2n) is 5.60. The van der Waals surface area contributed by atoms with E-state index in [-0.39, 0.29) is 29.0 Å². The molecule has 3 aromatic rings. The first-order valence-electron chi connectivity index (χ1n) is 7.83. The summed E-state index contributed by atoms with van der Waals surface area (Å²) in [6.45, 7) is 0.0202. The van der Waals surface area contributed by atoms with Crippen LogP contribution in [0.1, 0.15) is 21.6 Å². The highest BCUT2D eigenvalue weighted by molar-refractivity contribution is 6.30. The van der Waals surface area contributed by atoms with Crippen LogP contribution in [0.2, 0.25) is 5.02 Å². The molecule has 0 aliphatic carbocycles. The molecule has 0 atom stereocenters. The summed E-state index contributed by atoms with van der Waals surface area (Å²) in [7, 11) is 0. The molecule has 27 heavy (non-hydrogen) atoms. The zero-order valence-corrected chi connectivity index (χ0v) is 14.7. The van der Waals surface area contributed by atoms with E-state index in [0.717, 1.165) is 0 Å². The topological polar surface area (TPSA) is 105 Å². The molecule has 0 bridgehead atoms. The van der Waals surface area contributed by atoms with Crippen molar-refractivity contribution in [2.24, 2.45) is 0 Å². The average molecular weight is 382 g/mol. The molecule has 1 aromatic heterocycles. The highest BCUT2D eigenvalue weighted by Gasteiger charge is 2.11. The van der Waals surface area contributed by atoms with E-state index in [9.17, 15) is 9.18 Å². The molecule has 1 amide bonds. The Morgan fingerprint density at radius 3 is 2.85 bits per heavy atom. The van der Waals surface area contributed by atoms with Crippen LogP contribution in [0.25, 0.3) is 11.3 Å². The number of carbonyl (C=O) groups excluding carboxylic acids is 1. The van der Waals surface area contributed by atoms with Gasteiger partial charge in [-0.25, -0.2) is 14.4 Å². The lowest BCUT2D eigenvalue weighted by Gasteiger charge is -2.08. The lowest BCUT2D eigenvalue weighted by Crippen LogP contribution is -2.23. The van der Waals surface area contributed by atoms with Gasteiger partial charge in [-0.15, -0.1) is 0 Å². The third kappa shape index (κ3) is 4.19. The highest BCUT2D eigenvalue weighted by Crippen LogP contribution is 2.20. The smallest absolute Gasteiger partial charge is 0.251 e. The quantitative estimate of drug-likeness (QED) is 0.721. The molecule has 3 rings (SSSR count). The number of amides is 1. The van der Waals surface area contributed by atoms with E-state index in [0.29, 0.717) is 22.4 Å². The first-order chi connectivity index (χ1) is 13.0. The van der Waals surface area contributed by atoms with Gasteiger partial charge in [-0.1, -0.05) is 29.8 Å². The van der Waals surface area contributed by atoms with E-state index < -0.39 is 5.82 Å². The molecule has 0 unspecified atom stereocenters. The Labute approximate surface area is 159 Å². The van der Waals surface area contributed by atoms with Crippen LogP contribution in [0.5, 0.6) is 0 Å². The number of nitrogens with zero attached hydrogens (tertiary/aromatic N) is 3. The fraction of sp³-hybridized carbons (Fsp3) is 0.0526. The number of aromatic nitrogens is 2. The molecule has 0 saturated heterocycles. The molecular weight excluding hydrogens is 369 g/mol. The minimum absolute atomic E-state index is 0.0144. The summed E-state index contributed by atoms with van der Waals surface area (Å²) in [5.41, 5.74) is 7.29. The third-order valence-electron chi connectivity index (χ3n) is 3.78. The van der Waals surface area contributed by atoms with E-state index >= 15 is 0 Å². The van der Waals surface area contributed by atoms with Gasteiger partial charge >= 0.3 is 0 Å². The van der Waals surface area contributed by atoms with Crippen LogP contribution in [0.4, 0.5) is 10.2 Å². The molecule has 6 nitrogen and oxygen atoms in total. The van der Waals surface area contributed by atoms with E-state index in [1.54, 1.807) is 30.3 Å². The summed E-state index contributed by atoms with van der Waals surface area (Å²) >= 11 is 5.72. The maximum Gasteiger partial charge on any atom is 0.251 e. The van der Waals surface area contributed by atoms with Crippen LogP contribution in [-0.2, 0) is 6.54 Å². The van der Waals surface area contributed by atoms with Crippen LogP contribution in [0.15, 0.2) is 48.7 Å². The number of hydrogen-bond donors (Lipinski definition) is 2. The lowest BCUT2D eigenvalue weighted by atomic mass is 10.1. The first-order valence-corrected chi connectivity index (χ1v) is 8.21. The van der Waals surface area contributed by atoms with Gasteiger partial charge in [0.25, 0.3) is 5.91 Å². The van der Waals surface area contributed by atoms with Crippen LogP contribution >= 0.6 is 11.6 Å². The Morgan fingerprint density at radius 1 is 1.30 bits per heavy atom. The molecule has 3 N–H and O–H groups in total. The fourth-order valence-corrected chi connectivity index (χ4v) is 2.54. The largest absolute Gasteiger partial charge is 0.381 e. The lowest BCUT2D eigenvalue weighted by molar-refractivity contribution is 0.0950. The monoisotopic (exact) mass is 381 g/mol. The Bertz CT molecular complexity index is 1060. The van der Waals surface area contributed by atoms with Gasteiger partial charge in [-0.2, -0.15) is 5.26 Å². The van der Waals surface area contributed by atoms with Crippen LogP contribution in [0, 0.1) is 17.1 Å². The number of nitrogens with two attached hydrogens (primary N) is 1. The van der Waals surface area contributed by atoms with E-state index in [1.165, 1.54) is 18.3 Å². The Hall–Kier alpha value is -3.50. The molecule has 0 saturated carbocycles. The molecule has 1 heterocycles. The van der Waals surface area contributed by atoms with Gasteiger partial charge in [0, 0.05) is 28.3 Å². The Morgan fingerprint density at radius 2 is 2.11 bits per heavy atom. The predicted molar refractivity (Wildman–Crippen MR) is 99.2 cm³/mol. The van der Waals surface area contributed by atoms with Crippen molar-refractivity contribution in [2.45, 2.75) is 6.54 Å². The second-order valence-corrected chi connectivity index (χ2v) is 6.04. The number of halogens is 2. The number of anilines is 1. The van der Waals surface area contributed by atoms with Gasteiger partial charge in [0.15, 0.2) is 11.5 Å². The van der Waals surface area contributed by atoms with Crippen molar-refractivity contribution in [2.75, 3.05) is 5.73 Å². The van der Waals surface area contributed by atoms with Crippen molar-refractivity contribution < 1.29 is 9.18 Å². The Kier molecular flexibility index (Phi) is 5.29. The molecule has 8 heteroatoms. The maximum absolute atomic E-state index is 13.8. The summed E-state index contributed by atoms with van der Waals surface area (Å²) in [5, 5.41) is 12.0. The zero-order chi connectivity index (χ0) is 19.4. The van der Waals surface area contributed by atoms with E-state index in [2.05, 4.69) is 15.3 Å². The molecular formula is C19H13ClFN5O. The maximum atomic E-state index is 13.8. The number of nitriles is 1. The van der Waals surface area contributed by atoms with Crippen molar-refractivity contribution >= 4 is 23.3 Å². The van der Waals surface area contributed by atoms with Gasteiger partial charge in [0.1, 0.15) is 11.9 Å². The van der Waals surface area contributed by atoms with Crippen molar-refractivity contribution in [3.63, 3.8) is 0 Å². The Balaban J connectivity index is 1.79. The third-order valence-corrected chi connectivity index (χ3v) is 4.02. The first kappa shape index (κ1) is 18.3. The van der Waals surface area contributed by atoms with Crippen LogP contribution < -0.4 is 11.1 Å².